The smallest absolute Gasteiger partial charge is 0.344 e. The number of ether oxygens (including phenoxy) is 2. The fourth-order valence-corrected chi connectivity index (χ4v) is 4.64. The third-order valence-corrected chi connectivity index (χ3v) is 6.32. The summed E-state index contributed by atoms with van der Waals surface area (Å²) in [6, 6.07) is 5.17. The minimum absolute atomic E-state index is 0.0223. The highest BCUT2D eigenvalue weighted by atomic mass is 32.2. The maximum atomic E-state index is 12.9. The van der Waals surface area contributed by atoms with Crippen molar-refractivity contribution in [1.29, 1.82) is 0 Å². The van der Waals surface area contributed by atoms with Gasteiger partial charge in [-0.15, -0.1) is 11.8 Å². The largest absolute Gasteiger partial charge is 0.481 e. The van der Waals surface area contributed by atoms with Crippen molar-refractivity contribution in [3.05, 3.63) is 47.7 Å². The van der Waals surface area contributed by atoms with Crippen LogP contribution >= 0.6 is 24.0 Å². The zero-order valence-electron chi connectivity index (χ0n) is 18.0. The zero-order valence-corrected chi connectivity index (χ0v) is 19.7. The molecule has 0 spiro atoms. The molecule has 0 bridgehead atoms. The van der Waals surface area contributed by atoms with Crippen LogP contribution in [0.3, 0.4) is 0 Å². The van der Waals surface area contributed by atoms with E-state index in [-0.39, 0.29) is 35.6 Å². The van der Waals surface area contributed by atoms with Crippen molar-refractivity contribution in [1.82, 2.24) is 4.90 Å². The Morgan fingerprint density at radius 2 is 2.09 bits per heavy atom. The fourth-order valence-electron chi connectivity index (χ4n) is 3.66. The number of thioether (sulfide) groups is 1. The second-order valence-corrected chi connectivity index (χ2v) is 9.14. The van der Waals surface area contributed by atoms with Gasteiger partial charge in [-0.25, -0.2) is 4.79 Å². The summed E-state index contributed by atoms with van der Waals surface area (Å²) in [7, 11) is 0. The van der Waals surface area contributed by atoms with Gasteiger partial charge in [0.2, 0.25) is 0 Å². The summed E-state index contributed by atoms with van der Waals surface area (Å²) < 4.78 is 10.5. The van der Waals surface area contributed by atoms with Gasteiger partial charge in [0, 0.05) is 18.3 Å². The number of nitrogens with two attached hydrogens (primary N) is 1. The van der Waals surface area contributed by atoms with Crippen molar-refractivity contribution in [2.45, 2.75) is 18.7 Å². The Bertz CT molecular complexity index is 989. The van der Waals surface area contributed by atoms with Crippen LogP contribution in [-0.2, 0) is 14.3 Å². The van der Waals surface area contributed by atoms with Gasteiger partial charge in [0.25, 0.3) is 0 Å². The Balaban J connectivity index is 1.67. The molecule has 1 aliphatic carbocycles. The van der Waals surface area contributed by atoms with E-state index in [1.807, 2.05) is 24.1 Å². The lowest BCUT2D eigenvalue weighted by Gasteiger charge is -2.22. The number of nitrogens with zero attached hydrogens (tertiary/aromatic N) is 1. The van der Waals surface area contributed by atoms with Crippen molar-refractivity contribution in [3.63, 3.8) is 0 Å². The van der Waals surface area contributed by atoms with Crippen LogP contribution in [0, 0.1) is 11.8 Å². The summed E-state index contributed by atoms with van der Waals surface area (Å²) in [6.45, 7) is 4.42. The average molecular weight is 475 g/mol. The number of allylic oxidation sites excluding steroid dienone is 1. The highest BCUT2D eigenvalue weighted by molar-refractivity contribution is 7.99. The van der Waals surface area contributed by atoms with Gasteiger partial charge >= 0.3 is 5.97 Å². The Hall–Kier alpha value is -2.65. The molecular formula is C23H26N2O5S2. The summed E-state index contributed by atoms with van der Waals surface area (Å²) in [5.74, 6) is -0.0714. The second-order valence-electron chi connectivity index (χ2n) is 7.36. The van der Waals surface area contributed by atoms with Gasteiger partial charge < -0.3 is 20.1 Å². The molecule has 2 N–H and O–H groups in total. The Morgan fingerprint density at radius 3 is 2.78 bits per heavy atom. The molecule has 0 fully saturated rings. The predicted octanol–water partition coefficient (Wildman–Crippen LogP) is 2.78. The number of carbonyl (C=O) groups is 3. The standard InChI is InChI=1S/C23H26N2O5S2/c1-3-29-21(27)13-30-19-8-6-14(9-20(19)32-4-2)18(26)12-25-10-15-5-7-16(23(24)31)22(28)17(15)11-25/h5-10,16-17H,3-4,11-13H2,1-2H3,(H2,24,31). The van der Waals surface area contributed by atoms with Crippen molar-refractivity contribution in [2.75, 3.05) is 32.1 Å². The quantitative estimate of drug-likeness (QED) is 0.237. The lowest BCUT2D eigenvalue weighted by molar-refractivity contribution is -0.145. The van der Waals surface area contributed by atoms with E-state index in [0.717, 1.165) is 16.2 Å². The molecule has 0 amide bonds. The number of hydrogen-bond donors (Lipinski definition) is 1. The average Bonchev–Trinajstić information content (AvgIpc) is 3.16. The maximum absolute atomic E-state index is 12.9. The van der Waals surface area contributed by atoms with E-state index in [2.05, 4.69) is 0 Å². The van der Waals surface area contributed by atoms with Crippen LogP contribution in [0.1, 0.15) is 24.2 Å². The molecule has 0 saturated heterocycles. The normalized spacial score (nSPS) is 19.4. The number of thiocarbonyl (C=S) groups is 1. The van der Waals surface area contributed by atoms with E-state index >= 15 is 0 Å². The predicted molar refractivity (Wildman–Crippen MR) is 127 cm³/mol. The van der Waals surface area contributed by atoms with E-state index in [1.165, 1.54) is 11.8 Å². The van der Waals surface area contributed by atoms with Gasteiger partial charge in [0.15, 0.2) is 18.2 Å². The highest BCUT2D eigenvalue weighted by Crippen LogP contribution is 2.33. The van der Waals surface area contributed by atoms with E-state index in [1.54, 1.807) is 31.2 Å². The molecule has 170 valence electrons. The minimum Gasteiger partial charge on any atom is -0.481 e. The number of fused-ring (bicyclic) bond motifs is 1. The summed E-state index contributed by atoms with van der Waals surface area (Å²) in [4.78, 5) is 40.0. The minimum atomic E-state index is -0.543. The molecule has 3 rings (SSSR count). The molecule has 2 aliphatic rings. The first kappa shape index (κ1) is 24.0. The first-order valence-corrected chi connectivity index (χ1v) is 11.8. The summed E-state index contributed by atoms with van der Waals surface area (Å²) >= 11 is 6.51. The second kappa shape index (κ2) is 10.8. The van der Waals surface area contributed by atoms with Crippen LogP contribution < -0.4 is 10.5 Å². The summed E-state index contributed by atoms with van der Waals surface area (Å²) in [5, 5.41) is 0. The molecule has 0 radical (unpaired) electrons. The molecule has 0 aromatic heterocycles. The molecule has 32 heavy (non-hydrogen) atoms. The monoisotopic (exact) mass is 474 g/mol. The number of ketones is 2. The zero-order chi connectivity index (χ0) is 23.3. The Labute approximate surface area is 197 Å². The van der Waals surface area contributed by atoms with Crippen molar-refractivity contribution >= 4 is 46.5 Å². The number of rotatable bonds is 10. The van der Waals surface area contributed by atoms with Crippen LogP contribution in [0.2, 0.25) is 0 Å². The number of hydrogen-bond acceptors (Lipinski definition) is 8. The molecule has 0 saturated carbocycles. The van der Waals surface area contributed by atoms with E-state index < -0.39 is 11.9 Å². The SMILES string of the molecule is CCOC(=O)COc1ccc(C(=O)CN2C=C3C=CC(C(N)=S)C(=O)C3C2)cc1SCC. The molecule has 1 aromatic carbocycles. The molecule has 2 unspecified atom stereocenters. The highest BCUT2D eigenvalue weighted by Gasteiger charge is 2.37. The van der Waals surface area contributed by atoms with Gasteiger partial charge in [0.1, 0.15) is 5.75 Å². The first-order chi connectivity index (χ1) is 15.3. The van der Waals surface area contributed by atoms with Gasteiger partial charge in [-0.1, -0.05) is 31.3 Å². The molecule has 7 nitrogen and oxygen atoms in total. The van der Waals surface area contributed by atoms with Gasteiger partial charge in [-0.2, -0.15) is 0 Å². The lowest BCUT2D eigenvalue weighted by Crippen LogP contribution is -2.37. The van der Waals surface area contributed by atoms with Crippen LogP contribution in [0.4, 0.5) is 0 Å². The van der Waals surface area contributed by atoms with E-state index in [4.69, 9.17) is 27.4 Å². The molecule has 1 aliphatic heterocycles. The first-order valence-electron chi connectivity index (χ1n) is 10.4. The number of Topliss-reactive ketones (excluding diaryl/α,β-unsaturated/α-hetero) is 2. The van der Waals surface area contributed by atoms with Crippen LogP contribution in [0.25, 0.3) is 0 Å². The maximum Gasteiger partial charge on any atom is 0.344 e. The number of carbonyl (C=O) groups excluding carboxylic acids is 3. The van der Waals surface area contributed by atoms with Crippen molar-refractivity contribution in [3.8, 4) is 5.75 Å². The fraction of sp³-hybridized carbons (Fsp3) is 0.391. The van der Waals surface area contributed by atoms with Crippen LogP contribution in [0.15, 0.2) is 47.0 Å². The Kier molecular flexibility index (Phi) is 8.09. The molecule has 1 heterocycles. The Morgan fingerprint density at radius 1 is 1.31 bits per heavy atom. The molecular weight excluding hydrogens is 448 g/mol. The van der Waals surface area contributed by atoms with Crippen molar-refractivity contribution in [2.24, 2.45) is 17.6 Å². The number of esters is 1. The molecule has 1 aromatic rings. The summed E-state index contributed by atoms with van der Waals surface area (Å²) in [6.07, 6.45) is 5.44. The van der Waals surface area contributed by atoms with Gasteiger partial charge in [0.05, 0.1) is 34.9 Å². The number of benzene rings is 1. The van der Waals surface area contributed by atoms with E-state index in [0.29, 0.717) is 24.5 Å². The van der Waals surface area contributed by atoms with Crippen LogP contribution in [0.5, 0.6) is 5.75 Å². The van der Waals surface area contributed by atoms with Gasteiger partial charge in [-0.05, 0) is 36.4 Å². The van der Waals surface area contributed by atoms with Gasteiger partial charge in [-0.3, -0.25) is 9.59 Å². The van der Waals surface area contributed by atoms with Crippen LogP contribution in [-0.4, -0.2) is 59.5 Å². The molecule has 9 heteroatoms. The lowest BCUT2D eigenvalue weighted by atomic mass is 9.83. The molecule has 2 atom stereocenters. The third-order valence-electron chi connectivity index (χ3n) is 5.15. The van der Waals surface area contributed by atoms with E-state index in [9.17, 15) is 14.4 Å². The van der Waals surface area contributed by atoms with Crippen molar-refractivity contribution < 1.29 is 23.9 Å². The third kappa shape index (κ3) is 5.58. The topological polar surface area (TPSA) is 98.9 Å². The summed E-state index contributed by atoms with van der Waals surface area (Å²) in [5.41, 5.74) is 7.09.